The summed E-state index contributed by atoms with van der Waals surface area (Å²) in [6, 6.07) is 12.5. The van der Waals surface area contributed by atoms with Crippen molar-refractivity contribution in [2.75, 3.05) is 19.1 Å². The number of hydrogen-bond donors (Lipinski definition) is 0. The number of carbonyl (C=O) groups is 2. The Morgan fingerprint density at radius 2 is 1.84 bits per heavy atom. The Morgan fingerprint density at radius 3 is 2.56 bits per heavy atom. The van der Waals surface area contributed by atoms with Crippen LogP contribution in [-0.2, 0) is 17.3 Å². The van der Waals surface area contributed by atoms with E-state index >= 15 is 0 Å². The monoisotopic (exact) mass is 630 g/mol. The molecule has 0 radical (unpaired) electrons. The first kappa shape index (κ1) is 29.8. The molecule has 3 heterocycles. The summed E-state index contributed by atoms with van der Waals surface area (Å²) in [5, 5.41) is 3.94. The molecular formula is C30H23F5N4O6. The summed E-state index contributed by atoms with van der Waals surface area (Å²) in [6.07, 6.45) is -7.32. The fourth-order valence-corrected chi connectivity index (χ4v) is 5.25. The molecule has 0 N–H and O–H groups in total. The molecule has 6 rings (SSSR count). The maximum atomic E-state index is 14.2. The standard InChI is InChI=1S/C30H23F5N4O6/c1-38(17-9-12-22-24(14-17)45-30(34,35)44-22)27(40)16-5-3-6-18(13-16)39-25-20(26(37-39)29(31,32)33)7-4-8-23(25)43-19-10-11-21(36-15-19)28(41)42-2/h3,5-6,9-15,23H,4,7-8H2,1-2H3/t23-/m1/s1. The number of alkyl halides is 5. The third-order valence-electron chi connectivity index (χ3n) is 7.31. The van der Waals surface area contributed by atoms with Crippen molar-refractivity contribution < 1.29 is 50.5 Å². The molecule has 0 fully saturated rings. The Bertz CT molecular complexity index is 1790. The number of aromatic nitrogens is 3. The molecule has 15 heteroatoms. The van der Waals surface area contributed by atoms with Gasteiger partial charge in [-0.1, -0.05) is 6.07 Å². The fourth-order valence-electron chi connectivity index (χ4n) is 5.25. The van der Waals surface area contributed by atoms with Crippen molar-refractivity contribution in [3.8, 4) is 22.9 Å². The van der Waals surface area contributed by atoms with E-state index in [2.05, 4.69) is 24.3 Å². The first-order valence-corrected chi connectivity index (χ1v) is 13.5. The normalized spacial score (nSPS) is 16.6. The number of esters is 1. The van der Waals surface area contributed by atoms with Gasteiger partial charge in [0.05, 0.1) is 24.7 Å². The van der Waals surface area contributed by atoms with Crippen molar-refractivity contribution in [2.24, 2.45) is 0 Å². The predicted molar refractivity (Wildman–Crippen MR) is 146 cm³/mol. The first-order chi connectivity index (χ1) is 21.3. The number of carbonyl (C=O) groups excluding carboxylic acids is 2. The smallest absolute Gasteiger partial charge is 0.482 e. The molecule has 0 saturated heterocycles. The highest BCUT2D eigenvalue weighted by molar-refractivity contribution is 6.06. The Kier molecular flexibility index (Phi) is 7.33. The predicted octanol–water partition coefficient (Wildman–Crippen LogP) is 6.13. The van der Waals surface area contributed by atoms with Gasteiger partial charge >= 0.3 is 18.4 Å². The minimum Gasteiger partial charge on any atom is -0.482 e. The number of methoxy groups -OCH3 is 1. The zero-order valence-corrected chi connectivity index (χ0v) is 23.6. The van der Waals surface area contributed by atoms with Crippen molar-refractivity contribution in [3.05, 3.63) is 89.0 Å². The third kappa shape index (κ3) is 5.72. The summed E-state index contributed by atoms with van der Waals surface area (Å²) in [6.45, 7) is 0. The molecule has 2 aromatic carbocycles. The van der Waals surface area contributed by atoms with E-state index in [1.807, 2.05) is 0 Å². The van der Waals surface area contributed by atoms with E-state index in [4.69, 9.17) is 4.74 Å². The Morgan fingerprint density at radius 1 is 1.07 bits per heavy atom. The lowest BCUT2D eigenvalue weighted by molar-refractivity contribution is -0.286. The second kappa shape index (κ2) is 11.1. The van der Waals surface area contributed by atoms with Crippen molar-refractivity contribution in [3.63, 3.8) is 0 Å². The number of hydrogen-bond acceptors (Lipinski definition) is 8. The van der Waals surface area contributed by atoms with Crippen molar-refractivity contribution in [1.82, 2.24) is 14.8 Å². The molecule has 0 spiro atoms. The Labute approximate surface area is 251 Å². The molecule has 4 aromatic rings. The summed E-state index contributed by atoms with van der Waals surface area (Å²) in [5.74, 6) is -1.47. The first-order valence-electron chi connectivity index (χ1n) is 13.5. The second-order valence-electron chi connectivity index (χ2n) is 10.2. The highest BCUT2D eigenvalue weighted by atomic mass is 19.4. The topological polar surface area (TPSA) is 105 Å². The molecule has 1 atom stereocenters. The van der Waals surface area contributed by atoms with Gasteiger partial charge in [-0.25, -0.2) is 14.5 Å². The van der Waals surface area contributed by atoms with Crippen LogP contribution in [0.25, 0.3) is 5.69 Å². The molecule has 45 heavy (non-hydrogen) atoms. The van der Waals surface area contributed by atoms with Crippen LogP contribution in [-0.4, -0.2) is 47.1 Å². The molecule has 1 aliphatic carbocycles. The molecule has 2 aromatic heterocycles. The van der Waals surface area contributed by atoms with Crippen LogP contribution < -0.4 is 19.1 Å². The number of nitrogens with zero attached hydrogens (tertiary/aromatic N) is 4. The molecule has 0 saturated carbocycles. The van der Waals surface area contributed by atoms with E-state index in [9.17, 15) is 31.5 Å². The van der Waals surface area contributed by atoms with Crippen LogP contribution in [0.4, 0.5) is 27.6 Å². The van der Waals surface area contributed by atoms with Crippen LogP contribution in [0.3, 0.4) is 0 Å². The third-order valence-corrected chi connectivity index (χ3v) is 7.31. The Hall–Kier alpha value is -5.21. The molecule has 0 unspecified atom stereocenters. The summed E-state index contributed by atoms with van der Waals surface area (Å²) in [7, 11) is 2.62. The van der Waals surface area contributed by atoms with Gasteiger partial charge < -0.3 is 23.8 Å². The number of anilines is 1. The van der Waals surface area contributed by atoms with Gasteiger partial charge in [0, 0.05) is 29.9 Å². The number of rotatable bonds is 6. The summed E-state index contributed by atoms with van der Waals surface area (Å²) < 4.78 is 90.1. The minimum absolute atomic E-state index is 0.0242. The molecule has 0 bridgehead atoms. The Balaban J connectivity index is 1.33. The number of halogens is 5. The largest absolute Gasteiger partial charge is 0.586 e. The van der Waals surface area contributed by atoms with Gasteiger partial charge in [0.15, 0.2) is 17.2 Å². The summed E-state index contributed by atoms with van der Waals surface area (Å²) >= 11 is 0. The maximum Gasteiger partial charge on any atom is 0.586 e. The molecule has 1 amide bonds. The summed E-state index contributed by atoms with van der Waals surface area (Å²) in [5.41, 5.74) is -0.418. The van der Waals surface area contributed by atoms with Crippen LogP contribution >= 0.6 is 0 Å². The van der Waals surface area contributed by atoms with E-state index in [1.54, 1.807) is 0 Å². The van der Waals surface area contributed by atoms with E-state index in [-0.39, 0.29) is 57.6 Å². The van der Waals surface area contributed by atoms with Gasteiger partial charge in [-0.3, -0.25) is 4.79 Å². The number of ether oxygens (including phenoxy) is 4. The lowest BCUT2D eigenvalue weighted by Crippen LogP contribution is -2.26. The quantitative estimate of drug-likeness (QED) is 0.185. The van der Waals surface area contributed by atoms with E-state index in [0.29, 0.717) is 12.8 Å². The van der Waals surface area contributed by atoms with Crippen LogP contribution in [0.15, 0.2) is 60.8 Å². The molecule has 234 valence electrons. The van der Waals surface area contributed by atoms with Gasteiger partial charge in [-0.2, -0.15) is 18.3 Å². The van der Waals surface area contributed by atoms with Gasteiger partial charge in [0.1, 0.15) is 17.5 Å². The van der Waals surface area contributed by atoms with Crippen LogP contribution in [0.2, 0.25) is 0 Å². The van der Waals surface area contributed by atoms with E-state index in [1.165, 1.54) is 79.9 Å². The zero-order valence-electron chi connectivity index (χ0n) is 23.6. The summed E-state index contributed by atoms with van der Waals surface area (Å²) in [4.78, 5) is 30.4. The average molecular weight is 631 g/mol. The lowest BCUT2D eigenvalue weighted by atomic mass is 9.93. The van der Waals surface area contributed by atoms with Crippen LogP contribution in [0.1, 0.15) is 56.7 Å². The van der Waals surface area contributed by atoms with Crippen molar-refractivity contribution in [1.29, 1.82) is 0 Å². The van der Waals surface area contributed by atoms with Gasteiger partial charge in [0.2, 0.25) is 0 Å². The number of pyridine rings is 1. The highest BCUT2D eigenvalue weighted by Gasteiger charge is 2.44. The molecule has 10 nitrogen and oxygen atoms in total. The van der Waals surface area contributed by atoms with Gasteiger partial charge in [0.25, 0.3) is 5.91 Å². The molecular weight excluding hydrogens is 607 g/mol. The van der Waals surface area contributed by atoms with Crippen molar-refractivity contribution in [2.45, 2.75) is 37.8 Å². The zero-order chi connectivity index (χ0) is 32.1. The minimum atomic E-state index is -4.76. The van der Waals surface area contributed by atoms with Crippen molar-refractivity contribution >= 4 is 17.6 Å². The SMILES string of the molecule is COC(=O)c1ccc(O[C@@H]2CCCc3c(C(F)(F)F)nn(-c4cccc(C(=O)N(C)c5ccc6c(c5)OC(F)(F)O6)c4)c32)cn1. The van der Waals surface area contributed by atoms with Gasteiger partial charge in [-0.05, 0) is 61.7 Å². The van der Waals surface area contributed by atoms with E-state index < -0.39 is 36.1 Å². The molecule has 1 aliphatic heterocycles. The lowest BCUT2D eigenvalue weighted by Gasteiger charge is -2.26. The van der Waals surface area contributed by atoms with E-state index in [0.717, 1.165) is 4.68 Å². The maximum absolute atomic E-state index is 14.2. The molecule has 2 aliphatic rings. The fraction of sp³-hybridized carbons (Fsp3) is 0.267. The highest BCUT2D eigenvalue weighted by Crippen LogP contribution is 2.44. The van der Waals surface area contributed by atoms with Crippen LogP contribution in [0, 0.1) is 0 Å². The van der Waals surface area contributed by atoms with Crippen LogP contribution in [0.5, 0.6) is 17.2 Å². The second-order valence-corrected chi connectivity index (χ2v) is 10.2. The number of benzene rings is 2. The number of fused-ring (bicyclic) bond motifs is 2. The van der Waals surface area contributed by atoms with Gasteiger partial charge in [-0.15, -0.1) is 8.78 Å². The number of amides is 1. The average Bonchev–Trinajstić information content (AvgIpc) is 3.57.